The summed E-state index contributed by atoms with van der Waals surface area (Å²) in [5.41, 5.74) is 3.71. The zero-order valence-electron chi connectivity index (χ0n) is 25.3. The number of hydrogen-bond donors (Lipinski definition) is 2. The molecule has 1 saturated heterocycles. The maximum Gasteiger partial charge on any atom is 0.411 e. The average molecular weight is 604 g/mol. The van der Waals surface area contributed by atoms with Gasteiger partial charge < -0.3 is 33.9 Å². The van der Waals surface area contributed by atoms with Gasteiger partial charge in [-0.1, -0.05) is 38.3 Å². The van der Waals surface area contributed by atoms with E-state index in [0.717, 1.165) is 11.1 Å². The fraction of sp³-hybridized carbons (Fsp3) is 0.455. The Morgan fingerprint density at radius 2 is 1.89 bits per heavy atom. The normalized spacial score (nSPS) is 26.0. The van der Waals surface area contributed by atoms with Crippen LogP contribution in [0.5, 0.6) is 28.7 Å². The number of phenols is 1. The second-order valence-electron chi connectivity index (χ2n) is 11.5. The van der Waals surface area contributed by atoms with Crippen molar-refractivity contribution in [3.63, 3.8) is 0 Å². The van der Waals surface area contributed by atoms with Crippen molar-refractivity contribution in [1.82, 2.24) is 9.80 Å². The van der Waals surface area contributed by atoms with Crippen molar-refractivity contribution in [1.29, 1.82) is 5.26 Å². The number of fused-ring (bicyclic) bond motifs is 9. The number of rotatable bonds is 7. The van der Waals surface area contributed by atoms with Crippen molar-refractivity contribution in [3.05, 3.63) is 64.8 Å². The van der Waals surface area contributed by atoms with E-state index in [0.29, 0.717) is 58.1 Å². The summed E-state index contributed by atoms with van der Waals surface area (Å²) in [6.07, 6.45) is 1.97. The van der Waals surface area contributed by atoms with E-state index in [2.05, 4.69) is 19.2 Å². The van der Waals surface area contributed by atoms with Gasteiger partial charge in [-0.3, -0.25) is 9.80 Å². The molecule has 0 aromatic heterocycles. The molecule has 2 N–H and O–H groups in total. The molecule has 6 rings (SSSR count). The zero-order valence-corrected chi connectivity index (χ0v) is 25.3. The second kappa shape index (κ2) is 11.3. The van der Waals surface area contributed by atoms with Crippen LogP contribution < -0.4 is 18.9 Å². The van der Waals surface area contributed by atoms with Crippen molar-refractivity contribution in [2.45, 2.75) is 69.9 Å². The minimum atomic E-state index is -1.34. The minimum absolute atomic E-state index is 0.0194. The second-order valence-corrected chi connectivity index (χ2v) is 11.5. The van der Waals surface area contributed by atoms with Crippen LogP contribution in [0.1, 0.15) is 64.9 Å². The summed E-state index contributed by atoms with van der Waals surface area (Å²) >= 11 is 0. The van der Waals surface area contributed by atoms with Gasteiger partial charge in [0.15, 0.2) is 23.0 Å². The van der Waals surface area contributed by atoms with E-state index >= 15 is 0 Å². The first-order chi connectivity index (χ1) is 21.2. The molecule has 6 atom stereocenters. The third-order valence-electron chi connectivity index (χ3n) is 9.30. The number of carbonyl (C=O) groups is 1. The Balaban J connectivity index is 1.67. The van der Waals surface area contributed by atoms with Crippen LogP contribution >= 0.6 is 0 Å². The average Bonchev–Trinajstić information content (AvgIpc) is 3.51. The molecule has 1 amide bonds. The van der Waals surface area contributed by atoms with Crippen molar-refractivity contribution in [3.8, 4) is 34.8 Å². The van der Waals surface area contributed by atoms with E-state index in [1.165, 1.54) is 6.08 Å². The van der Waals surface area contributed by atoms with E-state index in [1.807, 2.05) is 24.8 Å². The number of aliphatic hydroxyl groups is 1. The molecule has 2 aromatic rings. The molecule has 2 aromatic carbocycles. The number of carbonyl (C=O) groups excluding carboxylic acids is 1. The van der Waals surface area contributed by atoms with E-state index in [4.69, 9.17) is 23.7 Å². The van der Waals surface area contributed by atoms with Crippen LogP contribution in [0, 0.1) is 25.2 Å². The number of phenolic OH excluding ortho intramolecular Hbond substituents is 1. The summed E-state index contributed by atoms with van der Waals surface area (Å²) in [5, 5.41) is 34.7. The van der Waals surface area contributed by atoms with Gasteiger partial charge in [0.1, 0.15) is 31.1 Å². The number of ether oxygens (including phenoxy) is 5. The maximum atomic E-state index is 13.9. The molecule has 2 bridgehead atoms. The highest BCUT2D eigenvalue weighted by Gasteiger charge is 2.61. The minimum Gasteiger partial charge on any atom is -0.507 e. The number of nitrogens with zero attached hydrogens (tertiary/aromatic N) is 3. The summed E-state index contributed by atoms with van der Waals surface area (Å²) in [6.45, 7) is 13.2. The summed E-state index contributed by atoms with van der Waals surface area (Å²) < 4.78 is 29.3. The van der Waals surface area contributed by atoms with Crippen molar-refractivity contribution in [2.24, 2.45) is 0 Å². The summed E-state index contributed by atoms with van der Waals surface area (Å²) in [5.74, 6) is 1.71. The standard InChI is InChI=1S/C33H37N3O8/c1-7-10-41-31-22-18(12-16(4)29(31)40-6)13-20-21(14-34)35-19(9-3)23-24(27(37)17(5)30-32(23)44-15-43-30)28(38)26(35)25(22)36(20)33(39)42-11-8-2/h7-8,12,19-21,25-26,28,37-38H,1-2,9-11,13,15H2,3-6H3/t19-,20-,21-,25-,26+,28?/m0/s1. The van der Waals surface area contributed by atoms with Crippen LogP contribution in [0.15, 0.2) is 31.4 Å². The number of amides is 1. The van der Waals surface area contributed by atoms with Crippen molar-refractivity contribution in [2.75, 3.05) is 27.1 Å². The molecule has 11 heteroatoms. The molecule has 0 spiro atoms. The number of aromatic hydroxyl groups is 1. The molecule has 0 aliphatic carbocycles. The summed E-state index contributed by atoms with van der Waals surface area (Å²) in [6, 6.07) is 0.816. The number of piperazine rings is 1. The van der Waals surface area contributed by atoms with Crippen molar-refractivity contribution < 1.29 is 38.7 Å². The van der Waals surface area contributed by atoms with Gasteiger partial charge in [-0.15, -0.1) is 0 Å². The fourth-order valence-corrected chi connectivity index (χ4v) is 7.72. The van der Waals surface area contributed by atoms with Gasteiger partial charge >= 0.3 is 6.09 Å². The predicted octanol–water partition coefficient (Wildman–Crippen LogP) is 4.68. The fourth-order valence-electron chi connectivity index (χ4n) is 7.72. The Hall–Kier alpha value is -4.40. The van der Waals surface area contributed by atoms with Crippen LogP contribution in [0.3, 0.4) is 0 Å². The monoisotopic (exact) mass is 603 g/mol. The van der Waals surface area contributed by atoms with E-state index < -0.39 is 42.4 Å². The first kappa shape index (κ1) is 29.7. The van der Waals surface area contributed by atoms with Crippen LogP contribution in [-0.4, -0.2) is 71.3 Å². The van der Waals surface area contributed by atoms with Crippen LogP contribution in [0.2, 0.25) is 0 Å². The van der Waals surface area contributed by atoms with Gasteiger partial charge in [0.2, 0.25) is 6.79 Å². The van der Waals surface area contributed by atoms with Gasteiger partial charge in [-0.25, -0.2) is 4.79 Å². The lowest BCUT2D eigenvalue weighted by Crippen LogP contribution is -2.70. The SMILES string of the molecule is C=CCOC(=O)N1[C@H]2Cc3cc(C)c(OC)c(OCC=C)c3[C@H]1[C@@H]1C(O)c3c(O)c(C)c4c(c3[C@H](CC)N1[C@H]2C#N)OCO4. The maximum absolute atomic E-state index is 13.9. The number of hydrogen-bond acceptors (Lipinski definition) is 10. The first-order valence-corrected chi connectivity index (χ1v) is 14.7. The molecule has 0 saturated carbocycles. The highest BCUT2D eigenvalue weighted by atomic mass is 16.7. The number of nitriles is 1. The van der Waals surface area contributed by atoms with Gasteiger partial charge in [-0.2, -0.15) is 5.26 Å². The summed E-state index contributed by atoms with van der Waals surface area (Å²) in [4.78, 5) is 17.5. The smallest absolute Gasteiger partial charge is 0.411 e. The molecule has 44 heavy (non-hydrogen) atoms. The highest BCUT2D eigenvalue weighted by Crippen LogP contribution is 2.61. The highest BCUT2D eigenvalue weighted by molar-refractivity contribution is 5.73. The number of benzene rings is 2. The summed E-state index contributed by atoms with van der Waals surface area (Å²) in [7, 11) is 1.55. The van der Waals surface area contributed by atoms with E-state index in [9.17, 15) is 20.3 Å². The lowest BCUT2D eigenvalue weighted by Gasteiger charge is -2.61. The van der Waals surface area contributed by atoms with E-state index in [-0.39, 0.29) is 25.8 Å². The Labute approximate surface area is 256 Å². The Kier molecular flexibility index (Phi) is 7.59. The zero-order chi connectivity index (χ0) is 31.4. The van der Waals surface area contributed by atoms with Crippen LogP contribution in [-0.2, 0) is 11.2 Å². The Bertz CT molecular complexity index is 1580. The Morgan fingerprint density at radius 1 is 1.16 bits per heavy atom. The molecule has 1 fully saturated rings. The molecule has 1 unspecified atom stereocenters. The number of methoxy groups -OCH3 is 1. The molecule has 4 aliphatic rings. The number of aryl methyl sites for hydroxylation is 1. The molecule has 232 valence electrons. The molecular weight excluding hydrogens is 566 g/mol. The third kappa shape index (κ3) is 4.04. The molecular formula is C33H37N3O8. The van der Waals surface area contributed by atoms with Crippen LogP contribution in [0.25, 0.3) is 0 Å². The quantitative estimate of drug-likeness (QED) is 0.430. The van der Waals surface area contributed by atoms with Gasteiger partial charge in [-0.05, 0) is 37.8 Å². The van der Waals surface area contributed by atoms with Gasteiger partial charge in [0.05, 0.1) is 31.3 Å². The largest absolute Gasteiger partial charge is 0.507 e. The topological polar surface area (TPSA) is 134 Å². The third-order valence-corrected chi connectivity index (χ3v) is 9.30. The Morgan fingerprint density at radius 3 is 2.55 bits per heavy atom. The van der Waals surface area contributed by atoms with Crippen molar-refractivity contribution >= 4 is 6.09 Å². The predicted molar refractivity (Wildman–Crippen MR) is 159 cm³/mol. The van der Waals surface area contributed by atoms with Gasteiger partial charge in [0, 0.05) is 28.3 Å². The lowest BCUT2D eigenvalue weighted by atomic mass is 9.70. The molecule has 4 heterocycles. The number of aliphatic hydroxyl groups excluding tert-OH is 1. The molecule has 0 radical (unpaired) electrons. The first-order valence-electron chi connectivity index (χ1n) is 14.7. The molecule has 4 aliphatic heterocycles. The lowest BCUT2D eigenvalue weighted by molar-refractivity contribution is -0.120. The van der Waals surface area contributed by atoms with E-state index in [1.54, 1.807) is 25.0 Å². The molecule has 11 nitrogen and oxygen atoms in total. The van der Waals surface area contributed by atoms with Gasteiger partial charge in [0.25, 0.3) is 0 Å². The van der Waals surface area contributed by atoms with Crippen LogP contribution in [0.4, 0.5) is 4.79 Å².